The van der Waals surface area contributed by atoms with Crippen molar-refractivity contribution in [2.24, 2.45) is 11.8 Å². The summed E-state index contributed by atoms with van der Waals surface area (Å²) in [4.78, 5) is 22.0. The van der Waals surface area contributed by atoms with Gasteiger partial charge in [-0.1, -0.05) is 12.2 Å². The predicted octanol–water partition coefficient (Wildman–Crippen LogP) is 1.90. The van der Waals surface area contributed by atoms with E-state index in [1.165, 1.54) is 25.9 Å². The zero-order valence-corrected chi connectivity index (χ0v) is 13.7. The largest absolute Gasteiger partial charge is 0.335 e. The fourth-order valence-electron chi connectivity index (χ4n) is 4.23. The number of amides is 1. The number of imidazole rings is 1. The normalized spacial score (nSPS) is 25.7. The summed E-state index contributed by atoms with van der Waals surface area (Å²) in [5.41, 5.74) is 0. The molecule has 1 unspecified atom stereocenters. The van der Waals surface area contributed by atoms with Gasteiger partial charge in [-0.05, 0) is 38.8 Å². The first-order valence-corrected chi connectivity index (χ1v) is 8.96. The number of rotatable bonds is 3. The molecule has 2 aliphatic heterocycles. The highest BCUT2D eigenvalue weighted by atomic mass is 16.2. The molecule has 0 radical (unpaired) electrons. The average molecular weight is 314 g/mol. The van der Waals surface area contributed by atoms with Crippen LogP contribution in [0, 0.1) is 11.8 Å². The van der Waals surface area contributed by atoms with Crippen molar-refractivity contribution in [3.05, 3.63) is 30.4 Å². The molecule has 5 nitrogen and oxygen atoms in total. The van der Waals surface area contributed by atoms with E-state index in [9.17, 15) is 4.79 Å². The summed E-state index contributed by atoms with van der Waals surface area (Å²) >= 11 is 0. The molecule has 1 saturated heterocycles. The molecular weight excluding hydrogens is 288 g/mol. The Morgan fingerprint density at radius 2 is 1.96 bits per heavy atom. The van der Waals surface area contributed by atoms with Crippen molar-refractivity contribution in [2.45, 2.75) is 38.8 Å². The molecule has 1 fully saturated rings. The lowest BCUT2D eigenvalue weighted by molar-refractivity contribution is -0.136. The number of fused-ring (bicyclic) bond motifs is 1. The standard InChI is InChI=1S/C18H26N4O/c23-18(16-5-1-2-6-16)22-13-15(11-20-8-3-4-9-20)12-21-10-7-19-17(21)14-22/h1-2,7,10,15-16H,3-6,8-9,11-14H2. The van der Waals surface area contributed by atoms with Crippen LogP contribution in [0.25, 0.3) is 0 Å². The summed E-state index contributed by atoms with van der Waals surface area (Å²) in [5, 5.41) is 0. The van der Waals surface area contributed by atoms with Gasteiger partial charge in [-0.25, -0.2) is 4.98 Å². The first-order valence-electron chi connectivity index (χ1n) is 8.96. The monoisotopic (exact) mass is 314 g/mol. The van der Waals surface area contributed by atoms with Crippen molar-refractivity contribution < 1.29 is 4.79 Å². The molecule has 1 atom stereocenters. The average Bonchev–Trinajstić information content (AvgIpc) is 3.28. The maximum absolute atomic E-state index is 12.9. The van der Waals surface area contributed by atoms with Gasteiger partial charge in [-0.15, -0.1) is 0 Å². The summed E-state index contributed by atoms with van der Waals surface area (Å²) < 4.78 is 2.25. The van der Waals surface area contributed by atoms with E-state index in [4.69, 9.17) is 0 Å². The number of hydrogen-bond donors (Lipinski definition) is 0. The molecule has 1 aromatic rings. The minimum absolute atomic E-state index is 0.156. The van der Waals surface area contributed by atoms with Gasteiger partial charge < -0.3 is 14.4 Å². The molecule has 1 aromatic heterocycles. The maximum Gasteiger partial charge on any atom is 0.226 e. The van der Waals surface area contributed by atoms with Gasteiger partial charge in [0, 0.05) is 43.9 Å². The second kappa shape index (κ2) is 6.48. The molecular formula is C18H26N4O. The Bertz CT molecular complexity index is 580. The number of aromatic nitrogens is 2. The third-order valence-electron chi connectivity index (χ3n) is 5.45. The second-order valence-electron chi connectivity index (χ2n) is 7.23. The molecule has 0 N–H and O–H groups in total. The van der Waals surface area contributed by atoms with Crippen molar-refractivity contribution >= 4 is 5.91 Å². The quantitative estimate of drug-likeness (QED) is 0.800. The minimum atomic E-state index is 0.156. The lowest BCUT2D eigenvalue weighted by Crippen LogP contribution is -2.40. The number of carbonyl (C=O) groups is 1. The number of allylic oxidation sites excluding steroid dienone is 2. The van der Waals surface area contributed by atoms with Crippen LogP contribution in [0.4, 0.5) is 0 Å². The highest BCUT2D eigenvalue weighted by Gasteiger charge is 2.31. The Hall–Kier alpha value is -1.62. The van der Waals surface area contributed by atoms with Gasteiger partial charge >= 0.3 is 0 Å². The highest BCUT2D eigenvalue weighted by molar-refractivity contribution is 5.79. The van der Waals surface area contributed by atoms with E-state index in [1.807, 2.05) is 6.20 Å². The van der Waals surface area contributed by atoms with E-state index in [0.29, 0.717) is 18.4 Å². The van der Waals surface area contributed by atoms with Crippen molar-refractivity contribution in [2.75, 3.05) is 26.2 Å². The van der Waals surface area contributed by atoms with E-state index >= 15 is 0 Å². The zero-order valence-electron chi connectivity index (χ0n) is 13.7. The van der Waals surface area contributed by atoms with Crippen LogP contribution in [0.3, 0.4) is 0 Å². The van der Waals surface area contributed by atoms with E-state index in [2.05, 4.69) is 37.7 Å². The first-order chi connectivity index (χ1) is 11.3. The van der Waals surface area contributed by atoms with Crippen LogP contribution in [-0.4, -0.2) is 51.4 Å². The highest BCUT2D eigenvalue weighted by Crippen LogP contribution is 2.24. The summed E-state index contributed by atoms with van der Waals surface area (Å²) in [5.74, 6) is 2.01. The van der Waals surface area contributed by atoms with Crippen molar-refractivity contribution in [3.8, 4) is 0 Å². The molecule has 3 aliphatic rings. The van der Waals surface area contributed by atoms with Crippen LogP contribution in [0.15, 0.2) is 24.5 Å². The number of likely N-dealkylation sites (tertiary alicyclic amines) is 1. The number of hydrogen-bond acceptors (Lipinski definition) is 3. The molecule has 1 aliphatic carbocycles. The topological polar surface area (TPSA) is 41.4 Å². The van der Waals surface area contributed by atoms with Crippen LogP contribution >= 0.6 is 0 Å². The first kappa shape index (κ1) is 14.9. The molecule has 0 bridgehead atoms. The molecule has 4 rings (SSSR count). The third-order valence-corrected chi connectivity index (χ3v) is 5.45. The third kappa shape index (κ3) is 3.20. The Morgan fingerprint density at radius 3 is 2.74 bits per heavy atom. The van der Waals surface area contributed by atoms with E-state index < -0.39 is 0 Å². The molecule has 0 saturated carbocycles. The van der Waals surface area contributed by atoms with Crippen molar-refractivity contribution in [1.82, 2.24) is 19.4 Å². The number of nitrogens with zero attached hydrogens (tertiary/aromatic N) is 4. The van der Waals surface area contributed by atoms with Gasteiger partial charge in [0.1, 0.15) is 5.82 Å². The van der Waals surface area contributed by atoms with Gasteiger partial charge in [-0.3, -0.25) is 4.79 Å². The Balaban J connectivity index is 1.50. The van der Waals surface area contributed by atoms with Crippen LogP contribution < -0.4 is 0 Å². The molecule has 124 valence electrons. The van der Waals surface area contributed by atoms with Crippen molar-refractivity contribution in [1.29, 1.82) is 0 Å². The summed E-state index contributed by atoms with van der Waals surface area (Å²) in [6.45, 7) is 6.05. The predicted molar refractivity (Wildman–Crippen MR) is 88.7 cm³/mol. The Labute approximate surface area is 138 Å². The Morgan fingerprint density at radius 1 is 1.17 bits per heavy atom. The van der Waals surface area contributed by atoms with Gasteiger partial charge in [-0.2, -0.15) is 0 Å². The van der Waals surface area contributed by atoms with E-state index in [1.54, 1.807) is 0 Å². The molecule has 0 aromatic carbocycles. The fourth-order valence-corrected chi connectivity index (χ4v) is 4.23. The molecule has 23 heavy (non-hydrogen) atoms. The fraction of sp³-hybridized carbons (Fsp3) is 0.667. The van der Waals surface area contributed by atoms with E-state index in [0.717, 1.165) is 38.3 Å². The van der Waals surface area contributed by atoms with Crippen LogP contribution in [0.5, 0.6) is 0 Å². The summed E-state index contributed by atoms with van der Waals surface area (Å²) in [7, 11) is 0. The molecule has 0 spiro atoms. The smallest absolute Gasteiger partial charge is 0.226 e. The van der Waals surface area contributed by atoms with E-state index in [-0.39, 0.29) is 5.92 Å². The molecule has 3 heterocycles. The van der Waals surface area contributed by atoms with Crippen LogP contribution in [0.1, 0.15) is 31.5 Å². The second-order valence-corrected chi connectivity index (χ2v) is 7.23. The lowest BCUT2D eigenvalue weighted by atomic mass is 10.0. The maximum atomic E-state index is 12.9. The molecule has 5 heteroatoms. The summed E-state index contributed by atoms with van der Waals surface area (Å²) in [6, 6.07) is 0. The van der Waals surface area contributed by atoms with Gasteiger partial charge in [0.25, 0.3) is 0 Å². The number of carbonyl (C=O) groups excluding carboxylic acids is 1. The van der Waals surface area contributed by atoms with Crippen molar-refractivity contribution in [3.63, 3.8) is 0 Å². The minimum Gasteiger partial charge on any atom is -0.335 e. The van der Waals surface area contributed by atoms with Gasteiger partial charge in [0.15, 0.2) is 0 Å². The van der Waals surface area contributed by atoms with Crippen LogP contribution in [-0.2, 0) is 17.9 Å². The van der Waals surface area contributed by atoms with Crippen LogP contribution in [0.2, 0.25) is 0 Å². The van der Waals surface area contributed by atoms with Gasteiger partial charge in [0.2, 0.25) is 5.91 Å². The van der Waals surface area contributed by atoms with Gasteiger partial charge in [0.05, 0.1) is 6.54 Å². The zero-order chi connectivity index (χ0) is 15.6. The molecule has 1 amide bonds. The lowest BCUT2D eigenvalue weighted by Gasteiger charge is -2.28. The SMILES string of the molecule is O=C(C1CC=CC1)N1Cc2nccn2CC(CN2CCCC2)C1. The summed E-state index contributed by atoms with van der Waals surface area (Å²) in [6.07, 6.45) is 12.7. The Kier molecular flexibility index (Phi) is 4.21.